The summed E-state index contributed by atoms with van der Waals surface area (Å²) in [5, 5.41) is 11.4. The number of phenols is 1. The largest absolute Gasteiger partial charge is 0.504 e. The predicted molar refractivity (Wildman–Crippen MR) is 71.5 cm³/mol. The Morgan fingerprint density at radius 3 is 2.72 bits per heavy atom. The van der Waals surface area contributed by atoms with Crippen LogP contribution in [0.25, 0.3) is 6.08 Å². The number of benzene rings is 1. The van der Waals surface area contributed by atoms with E-state index in [9.17, 15) is 14.7 Å². The van der Waals surface area contributed by atoms with Gasteiger partial charge in [-0.25, -0.2) is 0 Å². The summed E-state index contributed by atoms with van der Waals surface area (Å²) in [6.45, 7) is 0. The third-order valence-corrected chi connectivity index (χ3v) is 3.72. The van der Waals surface area contributed by atoms with Crippen LogP contribution in [0.1, 0.15) is 5.56 Å². The molecule has 0 saturated carbocycles. The van der Waals surface area contributed by atoms with Gasteiger partial charge >= 0.3 is 0 Å². The zero-order chi connectivity index (χ0) is 13.3. The number of imide groups is 1. The van der Waals surface area contributed by atoms with Gasteiger partial charge in [-0.3, -0.25) is 14.9 Å². The molecule has 1 aromatic carbocycles. The fourth-order valence-electron chi connectivity index (χ4n) is 1.40. The van der Waals surface area contributed by atoms with E-state index in [1.807, 2.05) is 0 Å². The first-order chi connectivity index (χ1) is 8.51. The highest BCUT2D eigenvalue weighted by molar-refractivity contribution is 9.10. The molecule has 2 amide bonds. The Kier molecular flexibility index (Phi) is 3.63. The molecule has 1 aliphatic heterocycles. The normalized spacial score (nSPS) is 17.1. The Balaban J connectivity index is 2.41. The molecule has 0 aromatic heterocycles. The number of halogens is 1. The van der Waals surface area contributed by atoms with Crippen molar-refractivity contribution in [2.75, 3.05) is 7.11 Å². The third-order valence-electron chi connectivity index (χ3n) is 2.23. The van der Waals surface area contributed by atoms with Crippen molar-refractivity contribution >= 4 is 44.9 Å². The molecule has 2 N–H and O–H groups in total. The van der Waals surface area contributed by atoms with Gasteiger partial charge in [0.05, 0.1) is 12.0 Å². The molecule has 0 atom stereocenters. The van der Waals surface area contributed by atoms with Gasteiger partial charge in [0.1, 0.15) is 0 Å². The zero-order valence-electron chi connectivity index (χ0n) is 9.19. The molecule has 18 heavy (non-hydrogen) atoms. The van der Waals surface area contributed by atoms with Crippen molar-refractivity contribution in [1.82, 2.24) is 5.32 Å². The fourth-order valence-corrected chi connectivity index (χ4v) is 2.51. The first-order valence-corrected chi connectivity index (χ1v) is 6.43. The summed E-state index contributed by atoms with van der Waals surface area (Å²) in [6.07, 6.45) is 1.52. The van der Waals surface area contributed by atoms with Gasteiger partial charge in [0.15, 0.2) is 11.5 Å². The van der Waals surface area contributed by atoms with Crippen molar-refractivity contribution in [3.63, 3.8) is 0 Å². The third kappa shape index (κ3) is 2.51. The molecule has 0 spiro atoms. The van der Waals surface area contributed by atoms with Gasteiger partial charge in [0.2, 0.25) is 0 Å². The number of methoxy groups -OCH3 is 1. The second-order valence-electron chi connectivity index (χ2n) is 3.40. The molecule has 1 aliphatic rings. The first kappa shape index (κ1) is 13.0. The second-order valence-corrected chi connectivity index (χ2v) is 5.27. The van der Waals surface area contributed by atoms with Crippen LogP contribution in [-0.2, 0) is 4.79 Å². The molecule has 1 heterocycles. The average molecular weight is 330 g/mol. The number of aromatic hydroxyl groups is 1. The number of carbonyl (C=O) groups excluding carboxylic acids is 2. The summed E-state index contributed by atoms with van der Waals surface area (Å²) >= 11 is 4.12. The highest BCUT2D eigenvalue weighted by Crippen LogP contribution is 2.35. The lowest BCUT2D eigenvalue weighted by Gasteiger charge is -2.06. The van der Waals surface area contributed by atoms with E-state index < -0.39 is 11.1 Å². The number of carbonyl (C=O) groups is 2. The number of hydrogen-bond donors (Lipinski definition) is 2. The monoisotopic (exact) mass is 329 g/mol. The Labute approximate surface area is 115 Å². The first-order valence-electron chi connectivity index (χ1n) is 4.82. The molecule has 2 rings (SSSR count). The highest BCUT2D eigenvalue weighted by atomic mass is 79.9. The molecule has 1 saturated heterocycles. The van der Waals surface area contributed by atoms with Crippen LogP contribution in [0.4, 0.5) is 4.79 Å². The SMILES string of the molecule is COc1cc(Br)c(/C=C2\SC(=O)NC2=O)cc1O. The van der Waals surface area contributed by atoms with Crippen LogP contribution in [-0.4, -0.2) is 23.4 Å². The van der Waals surface area contributed by atoms with E-state index in [-0.39, 0.29) is 10.7 Å². The van der Waals surface area contributed by atoms with Crippen molar-refractivity contribution in [2.24, 2.45) is 0 Å². The highest BCUT2D eigenvalue weighted by Gasteiger charge is 2.25. The molecule has 1 aromatic rings. The predicted octanol–water partition coefficient (Wildman–Crippen LogP) is 2.49. The number of hydrogen-bond acceptors (Lipinski definition) is 5. The van der Waals surface area contributed by atoms with Gasteiger partial charge in [-0.2, -0.15) is 0 Å². The summed E-state index contributed by atoms with van der Waals surface area (Å²) in [7, 11) is 1.44. The topological polar surface area (TPSA) is 75.6 Å². The maximum Gasteiger partial charge on any atom is 0.290 e. The van der Waals surface area contributed by atoms with Gasteiger partial charge < -0.3 is 9.84 Å². The summed E-state index contributed by atoms with van der Waals surface area (Å²) in [5.74, 6) is -0.155. The lowest BCUT2D eigenvalue weighted by atomic mass is 10.2. The molecular weight excluding hydrogens is 322 g/mol. The van der Waals surface area contributed by atoms with Crippen LogP contribution in [0.5, 0.6) is 11.5 Å². The molecule has 0 bridgehead atoms. The standard InChI is InChI=1S/C11H8BrNO4S/c1-17-8-4-6(12)5(2-7(8)14)3-9-10(15)13-11(16)18-9/h2-4,14H,1H3,(H,13,15,16)/b9-3-. The second kappa shape index (κ2) is 5.03. The smallest absolute Gasteiger partial charge is 0.290 e. The van der Waals surface area contributed by atoms with Crippen molar-refractivity contribution in [3.05, 3.63) is 27.1 Å². The molecule has 0 unspecified atom stereocenters. The van der Waals surface area contributed by atoms with Crippen LogP contribution in [0.15, 0.2) is 21.5 Å². The van der Waals surface area contributed by atoms with Crippen LogP contribution in [0, 0.1) is 0 Å². The molecule has 0 radical (unpaired) electrons. The van der Waals surface area contributed by atoms with Crippen molar-refractivity contribution < 1.29 is 19.4 Å². The molecular formula is C11H8BrNO4S. The lowest BCUT2D eigenvalue weighted by molar-refractivity contribution is -0.115. The zero-order valence-corrected chi connectivity index (χ0v) is 11.6. The van der Waals surface area contributed by atoms with E-state index in [2.05, 4.69) is 21.2 Å². The van der Waals surface area contributed by atoms with Crippen LogP contribution in [0.3, 0.4) is 0 Å². The van der Waals surface area contributed by atoms with Crippen LogP contribution in [0.2, 0.25) is 0 Å². The molecule has 7 heteroatoms. The van der Waals surface area contributed by atoms with E-state index in [0.29, 0.717) is 15.8 Å². The Hall–Kier alpha value is -1.47. The number of rotatable bonds is 2. The number of thioether (sulfide) groups is 1. The Bertz CT molecular complexity index is 570. The minimum absolute atomic E-state index is 0.0396. The van der Waals surface area contributed by atoms with E-state index in [0.717, 1.165) is 11.8 Å². The summed E-state index contributed by atoms with van der Waals surface area (Å²) in [4.78, 5) is 22.7. The van der Waals surface area contributed by atoms with E-state index in [1.54, 1.807) is 6.07 Å². The Morgan fingerprint density at radius 1 is 1.44 bits per heavy atom. The van der Waals surface area contributed by atoms with Gasteiger partial charge in [-0.15, -0.1) is 0 Å². The summed E-state index contributed by atoms with van der Waals surface area (Å²) in [6, 6.07) is 3.04. The van der Waals surface area contributed by atoms with E-state index >= 15 is 0 Å². The number of nitrogens with one attached hydrogen (secondary N) is 1. The Morgan fingerprint density at radius 2 is 2.17 bits per heavy atom. The van der Waals surface area contributed by atoms with E-state index in [4.69, 9.17) is 4.74 Å². The van der Waals surface area contributed by atoms with Crippen molar-refractivity contribution in [2.45, 2.75) is 0 Å². The molecule has 94 valence electrons. The minimum Gasteiger partial charge on any atom is -0.504 e. The van der Waals surface area contributed by atoms with Crippen LogP contribution >= 0.6 is 27.7 Å². The minimum atomic E-state index is -0.438. The van der Waals surface area contributed by atoms with Gasteiger partial charge in [-0.1, -0.05) is 15.9 Å². The maximum atomic E-state index is 11.4. The quantitative estimate of drug-likeness (QED) is 0.815. The van der Waals surface area contributed by atoms with Gasteiger partial charge in [0.25, 0.3) is 11.1 Å². The number of ether oxygens (including phenoxy) is 1. The number of amides is 2. The summed E-state index contributed by atoms with van der Waals surface area (Å²) < 4.78 is 5.60. The maximum absolute atomic E-state index is 11.4. The van der Waals surface area contributed by atoms with E-state index in [1.165, 1.54) is 19.3 Å². The molecule has 0 aliphatic carbocycles. The summed E-state index contributed by atoms with van der Waals surface area (Å²) in [5.41, 5.74) is 0.584. The average Bonchev–Trinajstić information content (AvgIpc) is 2.62. The molecule has 5 nitrogen and oxygen atoms in total. The van der Waals surface area contributed by atoms with Crippen molar-refractivity contribution in [1.29, 1.82) is 0 Å². The van der Waals surface area contributed by atoms with Gasteiger partial charge in [-0.05, 0) is 35.5 Å². The fraction of sp³-hybridized carbons (Fsp3) is 0.0909. The number of phenolic OH excluding ortho intramolecular Hbond substituents is 1. The lowest BCUT2D eigenvalue weighted by Crippen LogP contribution is -2.17. The van der Waals surface area contributed by atoms with Crippen molar-refractivity contribution in [3.8, 4) is 11.5 Å². The van der Waals surface area contributed by atoms with Gasteiger partial charge in [0, 0.05) is 4.47 Å². The van der Waals surface area contributed by atoms with Crippen LogP contribution < -0.4 is 10.1 Å². The molecule has 1 fully saturated rings.